The van der Waals surface area contributed by atoms with Crippen molar-refractivity contribution in [2.75, 3.05) is 7.11 Å². The molecule has 0 bridgehead atoms. The summed E-state index contributed by atoms with van der Waals surface area (Å²) in [6, 6.07) is 13.9. The Morgan fingerprint density at radius 1 is 1.12 bits per heavy atom. The van der Waals surface area contributed by atoms with E-state index in [1.165, 1.54) is 0 Å². The fraction of sp³-hybridized carbons (Fsp3) is 0.200. The molecule has 3 rings (SSSR count). The number of methoxy groups -OCH3 is 1. The molecule has 0 saturated heterocycles. The lowest BCUT2D eigenvalue weighted by molar-refractivity contribution is 0.0963. The highest BCUT2D eigenvalue weighted by Gasteiger charge is 2.14. The van der Waals surface area contributed by atoms with Crippen LogP contribution in [0.3, 0.4) is 0 Å². The van der Waals surface area contributed by atoms with Crippen LogP contribution < -0.4 is 15.4 Å². The van der Waals surface area contributed by atoms with Gasteiger partial charge in [-0.3, -0.25) is 10.1 Å². The number of amides is 3. The number of aromatic amines is 1. The van der Waals surface area contributed by atoms with Gasteiger partial charge in [0.15, 0.2) is 0 Å². The van der Waals surface area contributed by atoms with E-state index in [1.54, 1.807) is 31.4 Å². The monoisotopic (exact) mass is 351 g/mol. The van der Waals surface area contributed by atoms with Gasteiger partial charge in [-0.05, 0) is 49.2 Å². The topological polar surface area (TPSA) is 83.2 Å². The van der Waals surface area contributed by atoms with Crippen molar-refractivity contribution in [1.82, 2.24) is 15.6 Å². The number of H-pyrrole nitrogens is 1. The minimum Gasteiger partial charge on any atom is -0.497 e. The Hall–Kier alpha value is -3.28. The Labute approximate surface area is 151 Å². The molecule has 3 aromatic rings. The van der Waals surface area contributed by atoms with Crippen LogP contribution in [-0.4, -0.2) is 30.1 Å². The summed E-state index contributed by atoms with van der Waals surface area (Å²) in [6.45, 7) is 1.90. The van der Waals surface area contributed by atoms with Crippen molar-refractivity contribution in [2.45, 2.75) is 19.4 Å². The molecule has 26 heavy (non-hydrogen) atoms. The number of ether oxygens (including phenoxy) is 1. The largest absolute Gasteiger partial charge is 0.497 e. The third-order valence-electron chi connectivity index (χ3n) is 4.16. The summed E-state index contributed by atoms with van der Waals surface area (Å²) in [7, 11) is 1.55. The molecule has 0 spiro atoms. The molecular formula is C20H21N3O3. The van der Waals surface area contributed by atoms with Crippen molar-refractivity contribution in [2.24, 2.45) is 0 Å². The lowest BCUT2D eigenvalue weighted by Gasteiger charge is -2.14. The number of benzene rings is 2. The van der Waals surface area contributed by atoms with E-state index in [1.807, 2.05) is 37.4 Å². The van der Waals surface area contributed by atoms with E-state index in [2.05, 4.69) is 15.6 Å². The Balaban J connectivity index is 1.56. The SMILES string of the molecule is COc1ccc(C(=O)NC(=O)N[C@H](C)Cc2c[nH]c3ccccc23)cc1. The third-order valence-corrected chi connectivity index (χ3v) is 4.16. The van der Waals surface area contributed by atoms with Gasteiger partial charge in [-0.2, -0.15) is 0 Å². The van der Waals surface area contributed by atoms with Gasteiger partial charge in [0.1, 0.15) is 5.75 Å². The minimum absolute atomic E-state index is 0.127. The average Bonchev–Trinajstić information content (AvgIpc) is 3.04. The maximum Gasteiger partial charge on any atom is 0.321 e. The standard InChI is InChI=1S/C20H21N3O3/c1-13(11-15-12-21-18-6-4-3-5-17(15)18)22-20(25)23-19(24)14-7-9-16(26-2)10-8-14/h3-10,12-13,21H,11H2,1-2H3,(H2,22,23,24,25)/t13-/m1/s1. The molecule has 6 nitrogen and oxygen atoms in total. The van der Waals surface area contributed by atoms with Gasteiger partial charge >= 0.3 is 6.03 Å². The van der Waals surface area contributed by atoms with Gasteiger partial charge in [0, 0.05) is 28.7 Å². The highest BCUT2D eigenvalue weighted by molar-refractivity contribution is 6.04. The number of hydrogen-bond acceptors (Lipinski definition) is 3. The van der Waals surface area contributed by atoms with Crippen molar-refractivity contribution in [3.05, 3.63) is 65.9 Å². The van der Waals surface area contributed by atoms with Crippen molar-refractivity contribution < 1.29 is 14.3 Å². The normalized spacial score (nSPS) is 11.8. The highest BCUT2D eigenvalue weighted by atomic mass is 16.5. The number of rotatable bonds is 5. The molecule has 2 aromatic carbocycles. The van der Waals surface area contributed by atoms with Crippen LogP contribution in [0.4, 0.5) is 4.79 Å². The first kappa shape index (κ1) is 17.5. The summed E-state index contributed by atoms with van der Waals surface area (Å²) in [5.74, 6) is 0.197. The lowest BCUT2D eigenvalue weighted by atomic mass is 10.1. The number of aromatic nitrogens is 1. The van der Waals surface area contributed by atoms with Crippen molar-refractivity contribution in [1.29, 1.82) is 0 Å². The molecule has 0 aliphatic rings. The molecule has 0 aliphatic heterocycles. The van der Waals surface area contributed by atoms with Crippen molar-refractivity contribution >= 4 is 22.8 Å². The average molecular weight is 351 g/mol. The number of hydrogen-bond donors (Lipinski definition) is 3. The van der Waals surface area contributed by atoms with Gasteiger partial charge < -0.3 is 15.0 Å². The van der Waals surface area contributed by atoms with Gasteiger partial charge in [-0.25, -0.2) is 4.79 Å². The summed E-state index contributed by atoms with van der Waals surface area (Å²) in [4.78, 5) is 27.4. The van der Waals surface area contributed by atoms with Gasteiger partial charge in [-0.1, -0.05) is 18.2 Å². The maximum absolute atomic E-state index is 12.1. The molecule has 1 aromatic heterocycles. The van der Waals surface area contributed by atoms with E-state index in [-0.39, 0.29) is 6.04 Å². The number of urea groups is 1. The first-order valence-corrected chi connectivity index (χ1v) is 8.37. The van der Waals surface area contributed by atoms with Crippen LogP contribution in [0.5, 0.6) is 5.75 Å². The molecule has 3 N–H and O–H groups in total. The van der Waals surface area contributed by atoms with Gasteiger partial charge in [0.05, 0.1) is 7.11 Å². The third kappa shape index (κ3) is 4.03. The number of fused-ring (bicyclic) bond motifs is 1. The summed E-state index contributed by atoms with van der Waals surface area (Å²) < 4.78 is 5.05. The van der Waals surface area contributed by atoms with Crippen LogP contribution >= 0.6 is 0 Å². The Morgan fingerprint density at radius 2 is 1.85 bits per heavy atom. The number of carbonyl (C=O) groups is 2. The van der Waals surface area contributed by atoms with Gasteiger partial charge in [0.2, 0.25) is 0 Å². The van der Waals surface area contributed by atoms with Crippen molar-refractivity contribution in [3.63, 3.8) is 0 Å². The second-order valence-corrected chi connectivity index (χ2v) is 6.12. The molecule has 134 valence electrons. The number of nitrogens with one attached hydrogen (secondary N) is 3. The maximum atomic E-state index is 12.1. The highest BCUT2D eigenvalue weighted by Crippen LogP contribution is 2.19. The Kier molecular flexibility index (Phi) is 5.22. The summed E-state index contributed by atoms with van der Waals surface area (Å²) >= 11 is 0. The van der Waals surface area contributed by atoms with Crippen molar-refractivity contribution in [3.8, 4) is 5.75 Å². The quantitative estimate of drug-likeness (QED) is 0.660. The van der Waals surface area contributed by atoms with Gasteiger partial charge in [-0.15, -0.1) is 0 Å². The van der Waals surface area contributed by atoms with Crippen LogP contribution in [0.15, 0.2) is 54.7 Å². The smallest absolute Gasteiger partial charge is 0.321 e. The van der Waals surface area contributed by atoms with Crippen LogP contribution in [-0.2, 0) is 6.42 Å². The summed E-state index contributed by atoms with van der Waals surface area (Å²) in [6.07, 6.45) is 2.61. The second-order valence-electron chi connectivity index (χ2n) is 6.12. The fourth-order valence-corrected chi connectivity index (χ4v) is 2.86. The minimum atomic E-state index is -0.516. The van der Waals surface area contributed by atoms with E-state index in [0.717, 1.165) is 16.5 Å². The van der Waals surface area contributed by atoms with E-state index in [4.69, 9.17) is 4.74 Å². The van der Waals surface area contributed by atoms with E-state index in [0.29, 0.717) is 17.7 Å². The Bertz CT molecular complexity index is 915. The number of imide groups is 1. The predicted octanol–water partition coefficient (Wildman–Crippen LogP) is 3.25. The van der Waals surface area contributed by atoms with Crippen LogP contribution in [0.1, 0.15) is 22.8 Å². The Morgan fingerprint density at radius 3 is 2.58 bits per heavy atom. The summed E-state index contributed by atoms with van der Waals surface area (Å²) in [5.41, 5.74) is 2.58. The predicted molar refractivity (Wildman–Crippen MR) is 100 cm³/mol. The molecule has 0 fully saturated rings. The zero-order chi connectivity index (χ0) is 18.5. The molecular weight excluding hydrogens is 330 g/mol. The second kappa shape index (κ2) is 7.74. The number of para-hydroxylation sites is 1. The fourth-order valence-electron chi connectivity index (χ4n) is 2.86. The van der Waals surface area contributed by atoms with Crippen LogP contribution in [0, 0.1) is 0 Å². The molecule has 3 amide bonds. The van der Waals surface area contributed by atoms with E-state index < -0.39 is 11.9 Å². The molecule has 0 aliphatic carbocycles. The first-order chi connectivity index (χ1) is 12.6. The van der Waals surface area contributed by atoms with E-state index >= 15 is 0 Å². The molecule has 0 unspecified atom stereocenters. The molecule has 6 heteroatoms. The van der Waals surface area contributed by atoms with Crippen LogP contribution in [0.25, 0.3) is 10.9 Å². The first-order valence-electron chi connectivity index (χ1n) is 8.37. The molecule has 0 saturated carbocycles. The summed E-state index contributed by atoms with van der Waals surface area (Å²) in [5, 5.41) is 6.28. The van der Waals surface area contributed by atoms with E-state index in [9.17, 15) is 9.59 Å². The molecule has 0 radical (unpaired) electrons. The van der Waals surface area contributed by atoms with Crippen LogP contribution in [0.2, 0.25) is 0 Å². The lowest BCUT2D eigenvalue weighted by Crippen LogP contribution is -2.44. The number of carbonyl (C=O) groups excluding carboxylic acids is 2. The zero-order valence-electron chi connectivity index (χ0n) is 14.7. The molecule has 1 atom stereocenters. The zero-order valence-corrected chi connectivity index (χ0v) is 14.7. The molecule has 1 heterocycles. The van der Waals surface area contributed by atoms with Gasteiger partial charge in [0.25, 0.3) is 5.91 Å².